The molecule has 0 aliphatic carbocycles. The van der Waals surface area contributed by atoms with E-state index in [4.69, 9.17) is 11.6 Å². The van der Waals surface area contributed by atoms with Gasteiger partial charge in [-0.05, 0) is 46.3 Å². The molecule has 0 amide bonds. The summed E-state index contributed by atoms with van der Waals surface area (Å²) in [5.74, 6) is 0.743. The van der Waals surface area contributed by atoms with Crippen LogP contribution >= 0.6 is 27.5 Å². The molecular formula is C13H13BrClN3O2S. The summed E-state index contributed by atoms with van der Waals surface area (Å²) < 4.78 is 27.5. The maximum Gasteiger partial charge on any atom is 0.261 e. The fourth-order valence-electron chi connectivity index (χ4n) is 1.57. The Kier molecular flexibility index (Phi) is 4.75. The lowest BCUT2D eigenvalue weighted by molar-refractivity contribution is 0.601. The van der Waals surface area contributed by atoms with Crippen molar-refractivity contribution in [2.24, 2.45) is 0 Å². The predicted molar refractivity (Wildman–Crippen MR) is 88.5 cm³/mol. The molecule has 5 nitrogen and oxygen atoms in total. The number of aromatic nitrogens is 1. The first-order chi connectivity index (χ1) is 9.79. The number of pyridine rings is 1. The van der Waals surface area contributed by atoms with Crippen LogP contribution in [0.25, 0.3) is 0 Å². The van der Waals surface area contributed by atoms with Gasteiger partial charge in [0.15, 0.2) is 0 Å². The van der Waals surface area contributed by atoms with Crippen molar-refractivity contribution in [3.63, 3.8) is 0 Å². The van der Waals surface area contributed by atoms with Crippen LogP contribution in [-0.4, -0.2) is 27.5 Å². The van der Waals surface area contributed by atoms with Crippen molar-refractivity contribution in [2.75, 3.05) is 23.7 Å². The van der Waals surface area contributed by atoms with Gasteiger partial charge in [0, 0.05) is 18.6 Å². The summed E-state index contributed by atoms with van der Waals surface area (Å²) in [6.07, 6.45) is 1.47. The molecule has 1 N–H and O–H groups in total. The molecule has 2 rings (SSSR count). The van der Waals surface area contributed by atoms with E-state index in [2.05, 4.69) is 25.6 Å². The van der Waals surface area contributed by atoms with Gasteiger partial charge in [0.25, 0.3) is 10.0 Å². The summed E-state index contributed by atoms with van der Waals surface area (Å²) in [5, 5.41) is 0.450. The van der Waals surface area contributed by atoms with Crippen molar-refractivity contribution in [1.82, 2.24) is 4.98 Å². The number of anilines is 2. The van der Waals surface area contributed by atoms with Gasteiger partial charge in [-0.2, -0.15) is 0 Å². The van der Waals surface area contributed by atoms with Crippen LogP contribution in [0.5, 0.6) is 0 Å². The van der Waals surface area contributed by atoms with Crippen molar-refractivity contribution in [2.45, 2.75) is 4.90 Å². The second-order valence-electron chi connectivity index (χ2n) is 4.48. The van der Waals surface area contributed by atoms with Gasteiger partial charge in [-0.15, -0.1) is 0 Å². The van der Waals surface area contributed by atoms with Gasteiger partial charge in [0.05, 0.1) is 21.8 Å². The summed E-state index contributed by atoms with van der Waals surface area (Å²) in [6, 6.07) is 7.80. The predicted octanol–water partition coefficient (Wildman–Crippen LogP) is 3.36. The molecule has 2 aromatic rings. The molecule has 0 saturated carbocycles. The van der Waals surface area contributed by atoms with E-state index in [-0.39, 0.29) is 4.90 Å². The number of nitrogens with one attached hydrogen (secondary N) is 1. The van der Waals surface area contributed by atoms with Crippen LogP contribution in [0.15, 0.2) is 45.9 Å². The molecule has 1 aromatic heterocycles. The quantitative estimate of drug-likeness (QED) is 0.869. The lowest BCUT2D eigenvalue weighted by Gasteiger charge is -2.12. The third-order valence-corrected chi connectivity index (χ3v) is 5.25. The van der Waals surface area contributed by atoms with Crippen LogP contribution in [0.4, 0.5) is 11.5 Å². The number of hydrogen-bond acceptors (Lipinski definition) is 4. The highest BCUT2D eigenvalue weighted by atomic mass is 79.9. The SMILES string of the molecule is CN(C)c1ccc(NS(=O)(=O)c2ccc(Cl)c(Br)c2)cn1. The van der Waals surface area contributed by atoms with Gasteiger partial charge in [-0.1, -0.05) is 11.6 Å². The second kappa shape index (κ2) is 6.21. The van der Waals surface area contributed by atoms with Crippen molar-refractivity contribution < 1.29 is 8.42 Å². The van der Waals surface area contributed by atoms with Crippen molar-refractivity contribution in [1.29, 1.82) is 0 Å². The van der Waals surface area contributed by atoms with Gasteiger partial charge in [-0.25, -0.2) is 13.4 Å². The molecule has 0 spiro atoms. The maximum absolute atomic E-state index is 12.3. The minimum atomic E-state index is -3.68. The molecule has 1 aromatic carbocycles. The third kappa shape index (κ3) is 3.87. The summed E-state index contributed by atoms with van der Waals surface area (Å²) in [6.45, 7) is 0. The Morgan fingerprint density at radius 2 is 1.95 bits per heavy atom. The number of hydrogen-bond donors (Lipinski definition) is 1. The van der Waals surface area contributed by atoms with Gasteiger partial charge < -0.3 is 4.90 Å². The van der Waals surface area contributed by atoms with Gasteiger partial charge >= 0.3 is 0 Å². The maximum atomic E-state index is 12.3. The summed E-state index contributed by atoms with van der Waals surface area (Å²) in [7, 11) is 0.0392. The average molecular weight is 391 g/mol. The molecule has 0 aliphatic rings. The molecule has 21 heavy (non-hydrogen) atoms. The molecule has 112 valence electrons. The zero-order valence-electron chi connectivity index (χ0n) is 11.3. The van der Waals surface area contributed by atoms with Gasteiger partial charge in [-0.3, -0.25) is 4.72 Å². The van der Waals surface area contributed by atoms with Gasteiger partial charge in [0.2, 0.25) is 0 Å². The molecule has 8 heteroatoms. The molecule has 0 saturated heterocycles. The number of nitrogens with zero attached hydrogens (tertiary/aromatic N) is 2. The summed E-state index contributed by atoms with van der Waals surface area (Å²) in [4.78, 5) is 6.11. The summed E-state index contributed by atoms with van der Waals surface area (Å²) in [5.41, 5.74) is 0.395. The highest BCUT2D eigenvalue weighted by Gasteiger charge is 2.15. The van der Waals surface area contributed by atoms with Crippen LogP contribution in [0, 0.1) is 0 Å². The van der Waals surface area contributed by atoms with E-state index in [0.717, 1.165) is 5.82 Å². The van der Waals surface area contributed by atoms with Crippen LogP contribution in [0.3, 0.4) is 0 Å². The Morgan fingerprint density at radius 1 is 1.24 bits per heavy atom. The lowest BCUT2D eigenvalue weighted by Crippen LogP contribution is -2.14. The molecule has 0 aliphatic heterocycles. The normalized spacial score (nSPS) is 11.2. The molecule has 0 atom stereocenters. The first-order valence-corrected chi connectivity index (χ1v) is 8.56. The first kappa shape index (κ1) is 16.1. The Hall–Kier alpha value is -1.31. The minimum Gasteiger partial charge on any atom is -0.363 e. The standard InChI is InChI=1S/C13H13BrClN3O2S/c1-18(2)13-6-3-9(8-16-13)17-21(19,20)10-4-5-12(15)11(14)7-10/h3-8,17H,1-2H3. The van der Waals surface area contributed by atoms with E-state index in [1.165, 1.54) is 24.4 Å². The van der Waals surface area contributed by atoms with E-state index >= 15 is 0 Å². The largest absolute Gasteiger partial charge is 0.363 e. The zero-order chi connectivity index (χ0) is 15.6. The fourth-order valence-corrected chi connectivity index (χ4v) is 3.29. The van der Waals surface area contributed by atoms with E-state index in [9.17, 15) is 8.42 Å². The number of benzene rings is 1. The molecule has 1 heterocycles. The van der Waals surface area contributed by atoms with Crippen molar-refractivity contribution in [3.8, 4) is 0 Å². The summed E-state index contributed by atoms with van der Waals surface area (Å²) >= 11 is 9.07. The minimum absolute atomic E-state index is 0.121. The molecule has 0 unspecified atom stereocenters. The highest BCUT2D eigenvalue weighted by molar-refractivity contribution is 9.10. The van der Waals surface area contributed by atoms with Crippen LogP contribution in [-0.2, 0) is 10.0 Å². The Morgan fingerprint density at radius 3 is 2.48 bits per heavy atom. The fraction of sp³-hybridized carbons (Fsp3) is 0.154. The van der Waals surface area contributed by atoms with Crippen LogP contribution < -0.4 is 9.62 Å². The van der Waals surface area contributed by atoms with Crippen LogP contribution in [0.1, 0.15) is 0 Å². The van der Waals surface area contributed by atoms with E-state index < -0.39 is 10.0 Å². The smallest absolute Gasteiger partial charge is 0.261 e. The topological polar surface area (TPSA) is 62.3 Å². The van der Waals surface area contributed by atoms with E-state index in [1.807, 2.05) is 19.0 Å². The highest BCUT2D eigenvalue weighted by Crippen LogP contribution is 2.26. The Balaban J connectivity index is 2.26. The zero-order valence-corrected chi connectivity index (χ0v) is 14.5. The third-order valence-electron chi connectivity index (χ3n) is 2.66. The Bertz CT molecular complexity index is 749. The monoisotopic (exact) mass is 389 g/mol. The molecule has 0 radical (unpaired) electrons. The van der Waals surface area contributed by atoms with Crippen molar-refractivity contribution >= 4 is 49.1 Å². The second-order valence-corrected chi connectivity index (χ2v) is 7.42. The van der Waals surface area contributed by atoms with E-state index in [0.29, 0.717) is 15.2 Å². The molecule has 0 fully saturated rings. The van der Waals surface area contributed by atoms with Crippen LogP contribution in [0.2, 0.25) is 5.02 Å². The van der Waals surface area contributed by atoms with Gasteiger partial charge in [0.1, 0.15) is 5.82 Å². The number of halogens is 2. The number of sulfonamides is 1. The Labute approximate surface area is 137 Å². The first-order valence-electron chi connectivity index (χ1n) is 5.91. The lowest BCUT2D eigenvalue weighted by atomic mass is 10.4. The van der Waals surface area contributed by atoms with E-state index in [1.54, 1.807) is 12.1 Å². The number of rotatable bonds is 4. The molecule has 0 bridgehead atoms. The van der Waals surface area contributed by atoms with Crippen molar-refractivity contribution in [3.05, 3.63) is 46.0 Å². The average Bonchev–Trinajstić information content (AvgIpc) is 2.42. The molecular weight excluding hydrogens is 378 g/mol.